The van der Waals surface area contributed by atoms with Gasteiger partial charge in [-0.1, -0.05) is 24.6 Å². The first kappa shape index (κ1) is 21.2. The molecule has 1 fully saturated rings. The van der Waals surface area contributed by atoms with E-state index < -0.39 is 0 Å². The Hall–Kier alpha value is -3.06. The SMILES string of the molecule is CCc1ccc(OCC(=O)Nc2ccc(N3CCCCC3)c(Cl)c2)c(-n2cnnc2)c1. The summed E-state index contributed by atoms with van der Waals surface area (Å²) in [6.07, 6.45) is 7.73. The second-order valence-corrected chi connectivity index (χ2v) is 7.98. The highest BCUT2D eigenvalue weighted by atomic mass is 35.5. The highest BCUT2D eigenvalue weighted by molar-refractivity contribution is 6.33. The number of benzene rings is 2. The smallest absolute Gasteiger partial charge is 0.262 e. The summed E-state index contributed by atoms with van der Waals surface area (Å²) >= 11 is 6.49. The first-order valence-corrected chi connectivity index (χ1v) is 11.0. The molecular weight excluding hydrogens is 414 g/mol. The van der Waals surface area contributed by atoms with Gasteiger partial charge in [-0.05, 0) is 61.6 Å². The summed E-state index contributed by atoms with van der Waals surface area (Å²) in [5.41, 5.74) is 3.62. The van der Waals surface area contributed by atoms with E-state index in [1.165, 1.54) is 19.3 Å². The van der Waals surface area contributed by atoms with Crippen LogP contribution in [0.25, 0.3) is 5.69 Å². The number of ether oxygens (including phenoxy) is 1. The van der Waals surface area contributed by atoms with Crippen molar-refractivity contribution in [2.45, 2.75) is 32.6 Å². The molecule has 1 aliphatic rings. The van der Waals surface area contributed by atoms with Crippen LogP contribution in [0.3, 0.4) is 0 Å². The minimum Gasteiger partial charge on any atom is -0.482 e. The van der Waals surface area contributed by atoms with Gasteiger partial charge >= 0.3 is 0 Å². The number of piperidine rings is 1. The Labute approximate surface area is 187 Å². The van der Waals surface area contributed by atoms with Gasteiger partial charge < -0.3 is 15.0 Å². The molecule has 1 amide bonds. The van der Waals surface area contributed by atoms with E-state index >= 15 is 0 Å². The van der Waals surface area contributed by atoms with E-state index in [0.717, 1.165) is 36.4 Å². The highest BCUT2D eigenvalue weighted by Crippen LogP contribution is 2.31. The van der Waals surface area contributed by atoms with Crippen LogP contribution in [0.1, 0.15) is 31.7 Å². The highest BCUT2D eigenvalue weighted by Gasteiger charge is 2.15. The molecule has 0 spiro atoms. The number of carbonyl (C=O) groups is 1. The van der Waals surface area contributed by atoms with Crippen molar-refractivity contribution in [3.8, 4) is 11.4 Å². The van der Waals surface area contributed by atoms with Crippen molar-refractivity contribution in [1.29, 1.82) is 0 Å². The van der Waals surface area contributed by atoms with Crippen molar-refractivity contribution in [2.24, 2.45) is 0 Å². The predicted octanol–water partition coefficient (Wildman–Crippen LogP) is 4.49. The van der Waals surface area contributed by atoms with Crippen LogP contribution in [0.15, 0.2) is 49.1 Å². The lowest BCUT2D eigenvalue weighted by molar-refractivity contribution is -0.118. The Morgan fingerprint density at radius 2 is 1.84 bits per heavy atom. The fourth-order valence-corrected chi connectivity index (χ4v) is 4.05. The standard InChI is InChI=1S/C23H26ClN5O2/c1-2-17-6-9-22(21(12-17)29-15-25-26-16-29)31-14-23(30)27-18-7-8-20(19(24)13-18)28-10-4-3-5-11-28/h6-9,12-13,15-16H,2-5,10-11,14H2,1H3,(H,27,30). The second-order valence-electron chi connectivity index (χ2n) is 7.58. The summed E-state index contributed by atoms with van der Waals surface area (Å²) in [5, 5.41) is 11.2. The zero-order chi connectivity index (χ0) is 21.6. The third-order valence-corrected chi connectivity index (χ3v) is 5.72. The minimum atomic E-state index is -0.254. The number of rotatable bonds is 7. The Morgan fingerprint density at radius 3 is 2.55 bits per heavy atom. The number of nitrogens with one attached hydrogen (secondary N) is 1. The van der Waals surface area contributed by atoms with Crippen molar-refractivity contribution >= 4 is 28.9 Å². The number of aryl methyl sites for hydroxylation is 1. The average molecular weight is 440 g/mol. The van der Waals surface area contributed by atoms with Gasteiger partial charge in [0.1, 0.15) is 18.4 Å². The molecule has 4 rings (SSSR count). The molecule has 7 nitrogen and oxygen atoms in total. The Morgan fingerprint density at radius 1 is 1.06 bits per heavy atom. The zero-order valence-corrected chi connectivity index (χ0v) is 18.3. The predicted molar refractivity (Wildman–Crippen MR) is 122 cm³/mol. The van der Waals surface area contributed by atoms with E-state index in [1.54, 1.807) is 23.3 Å². The number of nitrogens with zero attached hydrogens (tertiary/aromatic N) is 4. The maximum absolute atomic E-state index is 12.5. The van der Waals surface area contributed by atoms with Gasteiger partial charge in [0.2, 0.25) is 0 Å². The summed E-state index contributed by atoms with van der Waals surface area (Å²) in [6, 6.07) is 11.5. The number of hydrogen-bond acceptors (Lipinski definition) is 5. The Bertz CT molecular complexity index is 1030. The molecule has 1 saturated heterocycles. The van der Waals surface area contributed by atoms with Gasteiger partial charge in [0, 0.05) is 18.8 Å². The van der Waals surface area contributed by atoms with E-state index in [0.29, 0.717) is 16.5 Å². The van der Waals surface area contributed by atoms with Gasteiger partial charge in [-0.25, -0.2) is 0 Å². The lowest BCUT2D eigenvalue weighted by atomic mass is 10.1. The van der Waals surface area contributed by atoms with Crippen molar-refractivity contribution in [3.63, 3.8) is 0 Å². The number of carbonyl (C=O) groups excluding carboxylic acids is 1. The third kappa shape index (κ3) is 5.17. The zero-order valence-electron chi connectivity index (χ0n) is 17.6. The molecule has 3 aromatic rings. The topological polar surface area (TPSA) is 72.3 Å². The molecule has 0 aliphatic carbocycles. The van der Waals surface area contributed by atoms with Gasteiger partial charge in [-0.15, -0.1) is 10.2 Å². The number of aromatic nitrogens is 3. The third-order valence-electron chi connectivity index (χ3n) is 5.42. The van der Waals surface area contributed by atoms with Gasteiger partial charge in [-0.2, -0.15) is 0 Å². The van der Waals surface area contributed by atoms with Gasteiger partial charge in [-0.3, -0.25) is 9.36 Å². The number of halogens is 1. The van der Waals surface area contributed by atoms with Crippen LogP contribution in [0.5, 0.6) is 5.75 Å². The number of hydrogen-bond donors (Lipinski definition) is 1. The lowest BCUT2D eigenvalue weighted by Gasteiger charge is -2.29. The number of anilines is 2. The van der Waals surface area contributed by atoms with Crippen molar-refractivity contribution in [3.05, 3.63) is 59.6 Å². The molecule has 0 saturated carbocycles. The summed E-state index contributed by atoms with van der Waals surface area (Å²) in [5.74, 6) is 0.335. The molecule has 162 valence electrons. The molecule has 0 radical (unpaired) electrons. The molecule has 1 aliphatic heterocycles. The molecule has 1 aromatic heterocycles. The summed E-state index contributed by atoms with van der Waals surface area (Å²) in [7, 11) is 0. The molecule has 0 unspecified atom stereocenters. The molecule has 2 aromatic carbocycles. The maximum atomic E-state index is 12.5. The lowest BCUT2D eigenvalue weighted by Crippen LogP contribution is -2.29. The average Bonchev–Trinajstić information content (AvgIpc) is 3.33. The Balaban J connectivity index is 1.40. The molecule has 1 N–H and O–H groups in total. The maximum Gasteiger partial charge on any atom is 0.262 e. The van der Waals surface area contributed by atoms with E-state index in [1.807, 2.05) is 30.3 Å². The summed E-state index contributed by atoms with van der Waals surface area (Å²) in [6.45, 7) is 4.00. The molecule has 0 bridgehead atoms. The number of amides is 1. The fourth-order valence-electron chi connectivity index (χ4n) is 3.75. The van der Waals surface area contributed by atoms with Crippen LogP contribution in [-0.2, 0) is 11.2 Å². The normalized spacial score (nSPS) is 13.8. The monoisotopic (exact) mass is 439 g/mol. The van der Waals surface area contributed by atoms with E-state index in [2.05, 4.69) is 27.3 Å². The molecule has 2 heterocycles. The van der Waals surface area contributed by atoms with Crippen LogP contribution in [0.2, 0.25) is 5.02 Å². The quantitative estimate of drug-likeness (QED) is 0.587. The van der Waals surface area contributed by atoms with Gasteiger partial charge in [0.05, 0.1) is 16.4 Å². The van der Waals surface area contributed by atoms with Crippen LogP contribution < -0.4 is 15.0 Å². The van der Waals surface area contributed by atoms with Crippen molar-refractivity contribution in [2.75, 3.05) is 29.9 Å². The Kier molecular flexibility index (Phi) is 6.72. The van der Waals surface area contributed by atoms with E-state index in [4.69, 9.17) is 16.3 Å². The van der Waals surface area contributed by atoms with Crippen molar-refractivity contribution < 1.29 is 9.53 Å². The largest absolute Gasteiger partial charge is 0.482 e. The fraction of sp³-hybridized carbons (Fsp3) is 0.348. The van der Waals surface area contributed by atoms with Crippen LogP contribution >= 0.6 is 11.6 Å². The van der Waals surface area contributed by atoms with E-state index in [9.17, 15) is 4.79 Å². The summed E-state index contributed by atoms with van der Waals surface area (Å²) < 4.78 is 7.58. The van der Waals surface area contributed by atoms with Crippen molar-refractivity contribution in [1.82, 2.24) is 14.8 Å². The van der Waals surface area contributed by atoms with E-state index in [-0.39, 0.29) is 12.5 Å². The summed E-state index contributed by atoms with van der Waals surface area (Å²) in [4.78, 5) is 14.8. The van der Waals surface area contributed by atoms with Crippen LogP contribution in [-0.4, -0.2) is 40.4 Å². The first-order valence-electron chi connectivity index (χ1n) is 10.6. The second kappa shape index (κ2) is 9.83. The molecular formula is C23H26ClN5O2. The van der Waals surface area contributed by atoms with Gasteiger partial charge in [0.25, 0.3) is 5.91 Å². The minimum absolute atomic E-state index is 0.119. The van der Waals surface area contributed by atoms with Gasteiger partial charge in [0.15, 0.2) is 6.61 Å². The molecule has 31 heavy (non-hydrogen) atoms. The van der Waals surface area contributed by atoms with Crippen LogP contribution in [0, 0.1) is 0 Å². The van der Waals surface area contributed by atoms with Crippen LogP contribution in [0.4, 0.5) is 11.4 Å². The first-order chi connectivity index (χ1) is 15.1. The molecule has 8 heteroatoms. The molecule has 0 atom stereocenters.